The van der Waals surface area contributed by atoms with Gasteiger partial charge in [0.2, 0.25) is 5.91 Å². The van der Waals surface area contributed by atoms with Crippen molar-refractivity contribution in [1.82, 2.24) is 29.4 Å². The molecule has 0 aliphatic carbocycles. The highest BCUT2D eigenvalue weighted by atomic mass is 16.5. The lowest BCUT2D eigenvalue weighted by molar-refractivity contribution is -0.141. The molecule has 3 saturated heterocycles. The van der Waals surface area contributed by atoms with Crippen LogP contribution in [0.1, 0.15) is 44.3 Å². The number of hydrogen-bond donors (Lipinski definition) is 0. The molecule has 1 atom stereocenters. The zero-order valence-corrected chi connectivity index (χ0v) is 16.3. The Morgan fingerprint density at radius 1 is 1.25 bits per heavy atom. The van der Waals surface area contributed by atoms with Crippen molar-refractivity contribution in [1.29, 1.82) is 0 Å². The van der Waals surface area contributed by atoms with Gasteiger partial charge in [0.1, 0.15) is 0 Å². The quantitative estimate of drug-likeness (QED) is 0.795. The second kappa shape index (κ2) is 7.40. The van der Waals surface area contributed by atoms with Gasteiger partial charge < -0.3 is 9.64 Å². The van der Waals surface area contributed by atoms with E-state index < -0.39 is 0 Å². The molecule has 2 aromatic rings. The fourth-order valence-corrected chi connectivity index (χ4v) is 4.94. The van der Waals surface area contributed by atoms with Gasteiger partial charge in [0.15, 0.2) is 5.82 Å². The number of carbonyl (C=O) groups excluding carboxylic acids is 1. The molecule has 150 valence electrons. The minimum absolute atomic E-state index is 0.244. The number of hydrogen-bond acceptors (Lipinski definition) is 6. The average molecular weight is 384 g/mol. The number of aromatic nitrogens is 4. The van der Waals surface area contributed by atoms with Crippen molar-refractivity contribution in [3.63, 3.8) is 0 Å². The van der Waals surface area contributed by atoms with Gasteiger partial charge in [-0.3, -0.25) is 9.69 Å². The minimum Gasteiger partial charge on any atom is -0.376 e. The molecule has 0 unspecified atom stereocenters. The van der Waals surface area contributed by atoms with Gasteiger partial charge in [-0.05, 0) is 56.7 Å². The standard InChI is InChI=1S/C20H28N6O2/c27-18-4-5-20(15-25(18)13-16-3-1-12-28-16)6-10-24(11-7-20)14-17-22-19-21-8-2-9-26(19)23-17/h2,8-9,16H,1,3-7,10-15H2/t16-/m0/s1. The van der Waals surface area contributed by atoms with Crippen molar-refractivity contribution in [2.75, 3.05) is 32.8 Å². The van der Waals surface area contributed by atoms with Crippen LogP contribution in [-0.2, 0) is 16.1 Å². The molecule has 8 nitrogen and oxygen atoms in total. The largest absolute Gasteiger partial charge is 0.376 e. The molecule has 0 radical (unpaired) electrons. The van der Waals surface area contributed by atoms with Crippen LogP contribution in [0.4, 0.5) is 0 Å². The number of carbonyl (C=O) groups is 1. The molecule has 3 aliphatic rings. The Labute approximate surface area is 164 Å². The number of piperidine rings is 2. The highest BCUT2D eigenvalue weighted by Gasteiger charge is 2.41. The second-order valence-electron chi connectivity index (χ2n) is 8.58. The maximum absolute atomic E-state index is 12.4. The van der Waals surface area contributed by atoms with Gasteiger partial charge in [-0.15, -0.1) is 5.10 Å². The summed E-state index contributed by atoms with van der Waals surface area (Å²) in [4.78, 5) is 25.7. The first-order valence-corrected chi connectivity index (χ1v) is 10.5. The number of fused-ring (bicyclic) bond motifs is 1. The van der Waals surface area contributed by atoms with E-state index in [9.17, 15) is 4.79 Å². The second-order valence-corrected chi connectivity index (χ2v) is 8.58. The fraction of sp³-hybridized carbons (Fsp3) is 0.700. The Balaban J connectivity index is 1.19. The van der Waals surface area contributed by atoms with Crippen LogP contribution in [-0.4, -0.2) is 74.2 Å². The third kappa shape index (κ3) is 3.63. The lowest BCUT2D eigenvalue weighted by Gasteiger charge is -2.47. The summed E-state index contributed by atoms with van der Waals surface area (Å²) in [6, 6.07) is 1.86. The summed E-state index contributed by atoms with van der Waals surface area (Å²) in [7, 11) is 0. The van der Waals surface area contributed by atoms with E-state index in [4.69, 9.17) is 4.74 Å². The van der Waals surface area contributed by atoms with Crippen LogP contribution >= 0.6 is 0 Å². The first-order chi connectivity index (χ1) is 13.7. The third-order valence-electron chi connectivity index (χ3n) is 6.64. The van der Waals surface area contributed by atoms with Gasteiger partial charge in [0.25, 0.3) is 5.78 Å². The topological polar surface area (TPSA) is 75.9 Å². The molecule has 0 bridgehead atoms. The van der Waals surface area contributed by atoms with E-state index in [1.54, 1.807) is 10.7 Å². The molecule has 5 rings (SSSR count). The van der Waals surface area contributed by atoms with Gasteiger partial charge in [0.05, 0.1) is 12.6 Å². The summed E-state index contributed by atoms with van der Waals surface area (Å²) in [5.74, 6) is 1.79. The fourth-order valence-electron chi connectivity index (χ4n) is 4.94. The SMILES string of the molecule is O=C1CCC2(CCN(Cc3nc4ncccn4n3)CC2)CN1C[C@@H]1CCCO1. The van der Waals surface area contributed by atoms with Crippen LogP contribution in [0.5, 0.6) is 0 Å². The van der Waals surface area contributed by atoms with Gasteiger partial charge in [-0.2, -0.15) is 4.98 Å². The van der Waals surface area contributed by atoms with Crippen molar-refractivity contribution < 1.29 is 9.53 Å². The van der Waals surface area contributed by atoms with Crippen molar-refractivity contribution in [2.24, 2.45) is 5.41 Å². The molecule has 1 spiro atoms. The maximum atomic E-state index is 12.4. The summed E-state index contributed by atoms with van der Waals surface area (Å²) in [6.45, 7) is 5.35. The van der Waals surface area contributed by atoms with Crippen molar-refractivity contribution in [3.05, 3.63) is 24.3 Å². The minimum atomic E-state index is 0.244. The summed E-state index contributed by atoms with van der Waals surface area (Å²) in [5, 5.41) is 4.52. The lowest BCUT2D eigenvalue weighted by atomic mass is 9.72. The Bertz CT molecular complexity index is 805. The highest BCUT2D eigenvalue weighted by molar-refractivity contribution is 5.77. The normalized spacial score (nSPS) is 25.8. The van der Waals surface area contributed by atoms with E-state index in [-0.39, 0.29) is 11.5 Å². The smallest absolute Gasteiger partial charge is 0.252 e. The highest BCUT2D eigenvalue weighted by Crippen LogP contribution is 2.40. The molecule has 5 heterocycles. The number of ether oxygens (including phenoxy) is 1. The summed E-state index contributed by atoms with van der Waals surface area (Å²) < 4.78 is 7.50. The van der Waals surface area contributed by atoms with Crippen LogP contribution in [0.15, 0.2) is 18.5 Å². The van der Waals surface area contributed by atoms with E-state index in [0.29, 0.717) is 18.1 Å². The summed E-state index contributed by atoms with van der Waals surface area (Å²) >= 11 is 0. The van der Waals surface area contributed by atoms with Gasteiger partial charge in [0, 0.05) is 38.5 Å². The van der Waals surface area contributed by atoms with E-state index in [0.717, 1.165) is 77.3 Å². The van der Waals surface area contributed by atoms with Gasteiger partial charge in [-0.1, -0.05) is 0 Å². The van der Waals surface area contributed by atoms with Crippen LogP contribution in [0, 0.1) is 5.41 Å². The Morgan fingerprint density at radius 2 is 2.14 bits per heavy atom. The average Bonchev–Trinajstić information content (AvgIpc) is 3.36. The molecule has 2 aromatic heterocycles. The Hall–Kier alpha value is -2.06. The van der Waals surface area contributed by atoms with Crippen molar-refractivity contribution in [3.8, 4) is 0 Å². The third-order valence-corrected chi connectivity index (χ3v) is 6.64. The molecule has 3 fully saturated rings. The zero-order chi connectivity index (χ0) is 19.0. The Kier molecular flexibility index (Phi) is 4.76. The van der Waals surface area contributed by atoms with Crippen LogP contribution in [0.2, 0.25) is 0 Å². The summed E-state index contributed by atoms with van der Waals surface area (Å²) in [6.07, 6.45) is 10.1. The van der Waals surface area contributed by atoms with E-state index in [2.05, 4.69) is 24.9 Å². The predicted octanol–water partition coefficient (Wildman–Crippen LogP) is 1.51. The predicted molar refractivity (Wildman–Crippen MR) is 103 cm³/mol. The van der Waals surface area contributed by atoms with Crippen LogP contribution in [0.25, 0.3) is 5.78 Å². The van der Waals surface area contributed by atoms with E-state index in [1.807, 2.05) is 12.3 Å². The zero-order valence-electron chi connectivity index (χ0n) is 16.3. The number of amides is 1. The van der Waals surface area contributed by atoms with E-state index in [1.165, 1.54) is 0 Å². The number of likely N-dealkylation sites (tertiary alicyclic amines) is 2. The van der Waals surface area contributed by atoms with Crippen LogP contribution in [0.3, 0.4) is 0 Å². The molecule has 0 aromatic carbocycles. The number of nitrogens with zero attached hydrogens (tertiary/aromatic N) is 6. The molecule has 1 amide bonds. The van der Waals surface area contributed by atoms with E-state index >= 15 is 0 Å². The summed E-state index contributed by atoms with van der Waals surface area (Å²) in [5.41, 5.74) is 0.275. The van der Waals surface area contributed by atoms with Gasteiger partial charge in [-0.25, -0.2) is 9.50 Å². The first kappa shape index (κ1) is 18.0. The van der Waals surface area contributed by atoms with Crippen molar-refractivity contribution >= 4 is 11.7 Å². The maximum Gasteiger partial charge on any atom is 0.252 e. The van der Waals surface area contributed by atoms with Gasteiger partial charge >= 0.3 is 0 Å². The van der Waals surface area contributed by atoms with Crippen molar-refractivity contribution in [2.45, 2.75) is 51.2 Å². The monoisotopic (exact) mass is 384 g/mol. The molecular weight excluding hydrogens is 356 g/mol. The molecular formula is C20H28N6O2. The molecule has 28 heavy (non-hydrogen) atoms. The molecule has 8 heteroatoms. The molecule has 3 aliphatic heterocycles. The van der Waals surface area contributed by atoms with Crippen LogP contribution < -0.4 is 0 Å². The lowest BCUT2D eigenvalue weighted by Crippen LogP contribution is -2.52. The number of rotatable bonds is 4. The first-order valence-electron chi connectivity index (χ1n) is 10.5. The molecule has 0 N–H and O–H groups in total. The molecule has 0 saturated carbocycles. The Morgan fingerprint density at radius 3 is 2.93 bits per heavy atom.